The van der Waals surface area contributed by atoms with Gasteiger partial charge in [-0.1, -0.05) is 0 Å². The second-order valence-corrected chi connectivity index (χ2v) is 5.97. The van der Waals surface area contributed by atoms with Crippen LogP contribution in [0.1, 0.15) is 15.9 Å². The van der Waals surface area contributed by atoms with E-state index in [2.05, 4.69) is 10.4 Å². The maximum absolute atomic E-state index is 12.7. The highest BCUT2D eigenvalue weighted by Crippen LogP contribution is 2.34. The molecule has 3 rings (SSSR count). The highest BCUT2D eigenvalue weighted by atomic mass is 32.1. The number of hydrazine groups is 1. The predicted molar refractivity (Wildman–Crippen MR) is 88.5 cm³/mol. The zero-order valence-corrected chi connectivity index (χ0v) is 13.8. The highest BCUT2D eigenvalue weighted by Gasteiger charge is 2.33. The summed E-state index contributed by atoms with van der Waals surface area (Å²) in [6.07, 6.45) is -2.31. The van der Waals surface area contributed by atoms with Crippen LogP contribution in [0.25, 0.3) is 4.96 Å². The second-order valence-electron chi connectivity index (χ2n) is 5.10. The van der Waals surface area contributed by atoms with Gasteiger partial charge in [-0.25, -0.2) is 4.98 Å². The molecule has 0 aliphatic rings. The minimum Gasteiger partial charge on any atom is -0.292 e. The Morgan fingerprint density at radius 3 is 2.74 bits per heavy atom. The summed E-state index contributed by atoms with van der Waals surface area (Å²) in [5.41, 5.74) is 0.692. The lowest BCUT2D eigenvalue weighted by Gasteiger charge is -2.11. The van der Waals surface area contributed by atoms with Crippen molar-refractivity contribution in [2.24, 2.45) is 0 Å². The van der Waals surface area contributed by atoms with E-state index in [1.165, 1.54) is 17.5 Å². The number of rotatable bonds is 4. The molecule has 0 saturated carbocycles. The second kappa shape index (κ2) is 6.68. The van der Waals surface area contributed by atoms with Crippen LogP contribution in [-0.2, 0) is 6.18 Å². The van der Waals surface area contributed by atoms with Gasteiger partial charge < -0.3 is 0 Å². The van der Waals surface area contributed by atoms with Gasteiger partial charge in [0.25, 0.3) is 17.2 Å². The van der Waals surface area contributed by atoms with Crippen LogP contribution in [0, 0.1) is 10.1 Å². The van der Waals surface area contributed by atoms with Crippen molar-refractivity contribution in [3.05, 3.63) is 67.6 Å². The number of anilines is 1. The molecule has 0 aliphatic heterocycles. The summed E-state index contributed by atoms with van der Waals surface area (Å²) in [5, 5.41) is 12.6. The number of fused-ring (bicyclic) bond motifs is 1. The van der Waals surface area contributed by atoms with Gasteiger partial charge in [-0.2, -0.15) is 13.2 Å². The summed E-state index contributed by atoms with van der Waals surface area (Å²) in [6.45, 7) is 0. The quantitative estimate of drug-likeness (QED) is 0.514. The van der Waals surface area contributed by atoms with Gasteiger partial charge in [0.05, 0.1) is 10.5 Å². The van der Waals surface area contributed by atoms with E-state index >= 15 is 0 Å². The molecule has 0 atom stereocenters. The number of nitro benzene ring substituents is 1. The minimum atomic E-state index is -4.76. The van der Waals surface area contributed by atoms with E-state index in [1.807, 2.05) is 5.43 Å². The number of benzene rings is 1. The molecule has 13 heteroatoms. The molecule has 0 aliphatic carbocycles. The predicted octanol–water partition coefficient (Wildman–Crippen LogP) is 2.44. The first kappa shape index (κ1) is 18.3. The third-order valence-electron chi connectivity index (χ3n) is 3.42. The Hall–Kier alpha value is -3.48. The van der Waals surface area contributed by atoms with Gasteiger partial charge in [0.2, 0.25) is 0 Å². The molecule has 0 unspecified atom stereocenters. The number of carbonyl (C=O) groups is 1. The maximum Gasteiger partial charge on any atom is 0.416 e. The molecule has 0 radical (unpaired) electrons. The summed E-state index contributed by atoms with van der Waals surface area (Å²) >= 11 is 1.18. The number of amides is 1. The normalized spacial score (nSPS) is 11.4. The van der Waals surface area contributed by atoms with E-state index in [-0.39, 0.29) is 11.3 Å². The van der Waals surface area contributed by atoms with Crippen molar-refractivity contribution in [2.45, 2.75) is 6.18 Å². The Morgan fingerprint density at radius 2 is 2.07 bits per heavy atom. The summed E-state index contributed by atoms with van der Waals surface area (Å²) in [5.74, 6) is -0.956. The summed E-state index contributed by atoms with van der Waals surface area (Å²) in [7, 11) is 0. The molecule has 2 N–H and O–H groups in total. The molecular weight excluding hydrogens is 391 g/mol. The molecule has 0 fully saturated rings. The van der Waals surface area contributed by atoms with Crippen molar-refractivity contribution >= 4 is 33.6 Å². The monoisotopic (exact) mass is 399 g/mol. The molecule has 3 aromatic rings. The SMILES string of the molecule is O=C(NNc1ccc(C(F)(F)F)cc1[N+](=O)[O-])c1cnc2sccn2c1=O. The molecular formula is C14H8F3N5O4S. The van der Waals surface area contributed by atoms with E-state index in [0.717, 1.165) is 16.7 Å². The first-order valence-electron chi connectivity index (χ1n) is 7.05. The largest absolute Gasteiger partial charge is 0.416 e. The average Bonchev–Trinajstić information content (AvgIpc) is 3.08. The lowest BCUT2D eigenvalue weighted by molar-refractivity contribution is -0.384. The molecule has 140 valence electrons. The number of hydrogen-bond donors (Lipinski definition) is 2. The fourth-order valence-corrected chi connectivity index (χ4v) is 2.81. The molecule has 0 saturated heterocycles. The number of aromatic nitrogens is 2. The maximum atomic E-state index is 12.7. The number of alkyl halides is 3. The smallest absolute Gasteiger partial charge is 0.292 e. The first-order chi connectivity index (χ1) is 12.7. The van der Waals surface area contributed by atoms with Gasteiger partial charge in [-0.15, -0.1) is 11.3 Å². The van der Waals surface area contributed by atoms with E-state index in [4.69, 9.17) is 0 Å². The average molecular weight is 399 g/mol. The van der Waals surface area contributed by atoms with Crippen LogP contribution >= 0.6 is 11.3 Å². The summed E-state index contributed by atoms with van der Waals surface area (Å²) in [6, 6.07) is 1.76. The molecule has 1 amide bonds. The molecule has 27 heavy (non-hydrogen) atoms. The molecule has 9 nitrogen and oxygen atoms in total. The number of thiazole rings is 1. The topological polar surface area (TPSA) is 119 Å². The molecule has 2 aromatic heterocycles. The number of halogens is 3. The van der Waals surface area contributed by atoms with Crippen molar-refractivity contribution in [3.63, 3.8) is 0 Å². The molecule has 2 heterocycles. The van der Waals surface area contributed by atoms with Crippen LogP contribution in [0.15, 0.2) is 40.8 Å². The van der Waals surface area contributed by atoms with Crippen LogP contribution < -0.4 is 16.4 Å². The van der Waals surface area contributed by atoms with Gasteiger partial charge in [0, 0.05) is 23.8 Å². The molecule has 1 aromatic carbocycles. The van der Waals surface area contributed by atoms with Gasteiger partial charge in [-0.3, -0.25) is 35.0 Å². The number of nitro groups is 1. The summed E-state index contributed by atoms with van der Waals surface area (Å²) < 4.78 is 39.2. The molecule has 0 spiro atoms. The van der Waals surface area contributed by atoms with E-state index in [1.54, 1.807) is 5.38 Å². The standard InChI is InChI=1S/C14H8F3N5O4S/c15-14(16,17)7-1-2-9(10(5-7)22(25)26)19-20-11(23)8-6-18-13-21(12(8)24)3-4-27-13/h1-6,19H,(H,20,23). The zero-order chi connectivity index (χ0) is 19.8. The van der Waals surface area contributed by atoms with Gasteiger partial charge >= 0.3 is 6.18 Å². The van der Waals surface area contributed by atoms with Crippen molar-refractivity contribution in [1.82, 2.24) is 14.8 Å². The fraction of sp³-hybridized carbons (Fsp3) is 0.0714. The fourth-order valence-electron chi connectivity index (χ4n) is 2.14. The van der Waals surface area contributed by atoms with Crippen LogP contribution in [-0.4, -0.2) is 20.2 Å². The minimum absolute atomic E-state index is 0.336. The third-order valence-corrected chi connectivity index (χ3v) is 4.19. The van der Waals surface area contributed by atoms with Crippen molar-refractivity contribution in [3.8, 4) is 0 Å². The third kappa shape index (κ3) is 3.57. The van der Waals surface area contributed by atoms with Crippen molar-refractivity contribution in [1.29, 1.82) is 0 Å². The van der Waals surface area contributed by atoms with Crippen LogP contribution in [0.2, 0.25) is 0 Å². The van der Waals surface area contributed by atoms with Gasteiger partial charge in [-0.05, 0) is 12.1 Å². The number of hydrogen-bond acceptors (Lipinski definition) is 7. The number of nitrogens with zero attached hydrogens (tertiary/aromatic N) is 3. The Balaban J connectivity index is 1.85. The Morgan fingerprint density at radius 1 is 1.33 bits per heavy atom. The molecule has 0 bridgehead atoms. The van der Waals surface area contributed by atoms with Gasteiger partial charge in [0.15, 0.2) is 4.96 Å². The Labute approximate surface area is 151 Å². The number of carbonyl (C=O) groups excluding carboxylic acids is 1. The van der Waals surface area contributed by atoms with E-state index < -0.39 is 33.8 Å². The van der Waals surface area contributed by atoms with Crippen LogP contribution in [0.5, 0.6) is 0 Å². The van der Waals surface area contributed by atoms with Crippen LogP contribution in [0.4, 0.5) is 24.5 Å². The van der Waals surface area contributed by atoms with Crippen molar-refractivity contribution in [2.75, 3.05) is 5.43 Å². The van der Waals surface area contributed by atoms with Gasteiger partial charge in [0.1, 0.15) is 11.3 Å². The Kier molecular flexibility index (Phi) is 4.53. The zero-order valence-electron chi connectivity index (χ0n) is 13.0. The van der Waals surface area contributed by atoms with Crippen molar-refractivity contribution < 1.29 is 22.9 Å². The lowest BCUT2D eigenvalue weighted by Crippen LogP contribution is -2.35. The summed E-state index contributed by atoms with van der Waals surface area (Å²) in [4.78, 5) is 38.6. The highest BCUT2D eigenvalue weighted by molar-refractivity contribution is 7.15. The first-order valence-corrected chi connectivity index (χ1v) is 7.93. The lowest BCUT2D eigenvalue weighted by atomic mass is 10.1. The van der Waals surface area contributed by atoms with E-state index in [0.29, 0.717) is 17.1 Å². The van der Waals surface area contributed by atoms with E-state index in [9.17, 15) is 32.9 Å². The Bertz CT molecular complexity index is 1110. The van der Waals surface area contributed by atoms with Crippen LogP contribution in [0.3, 0.4) is 0 Å². The number of nitrogens with one attached hydrogen (secondary N) is 2.